The summed E-state index contributed by atoms with van der Waals surface area (Å²) < 4.78 is 31.9. The Balaban J connectivity index is 2.33. The summed E-state index contributed by atoms with van der Waals surface area (Å²) in [6.07, 6.45) is 0. The van der Waals surface area contributed by atoms with Crippen molar-refractivity contribution in [3.8, 4) is 5.75 Å². The number of rotatable bonds is 8. The molecule has 8 heteroatoms. The molecule has 0 N–H and O–H groups in total. The molecular formula is C18H22N2O5S. The molecule has 0 saturated carbocycles. The van der Waals surface area contributed by atoms with Gasteiger partial charge in [0.1, 0.15) is 6.61 Å². The smallest absolute Gasteiger partial charge is 0.312 e. The molecule has 0 aliphatic rings. The number of nitro groups is 1. The summed E-state index contributed by atoms with van der Waals surface area (Å²) >= 11 is 0. The highest BCUT2D eigenvalue weighted by Crippen LogP contribution is 2.31. The molecule has 140 valence electrons. The highest BCUT2D eigenvalue weighted by atomic mass is 32.2. The second-order valence-electron chi connectivity index (χ2n) is 5.75. The van der Waals surface area contributed by atoms with Crippen LogP contribution in [0, 0.1) is 17.0 Å². The molecule has 26 heavy (non-hydrogen) atoms. The zero-order valence-electron chi connectivity index (χ0n) is 15.0. The molecule has 0 unspecified atom stereocenters. The van der Waals surface area contributed by atoms with E-state index in [1.54, 1.807) is 13.8 Å². The van der Waals surface area contributed by atoms with Crippen LogP contribution in [0.1, 0.15) is 25.0 Å². The summed E-state index contributed by atoms with van der Waals surface area (Å²) in [5.74, 6) is 0.0370. The van der Waals surface area contributed by atoms with Crippen molar-refractivity contribution in [1.29, 1.82) is 0 Å². The maximum Gasteiger partial charge on any atom is 0.312 e. The molecular weight excluding hydrogens is 356 g/mol. The van der Waals surface area contributed by atoms with Crippen molar-refractivity contribution >= 4 is 15.7 Å². The maximum absolute atomic E-state index is 12.6. The zero-order valence-corrected chi connectivity index (χ0v) is 15.8. The van der Waals surface area contributed by atoms with Gasteiger partial charge in [0, 0.05) is 19.2 Å². The number of ether oxygens (including phenoxy) is 1. The average Bonchev–Trinajstić information content (AvgIpc) is 2.60. The van der Waals surface area contributed by atoms with Crippen LogP contribution in [0.15, 0.2) is 47.4 Å². The number of nitro benzene ring substituents is 1. The van der Waals surface area contributed by atoms with Crippen LogP contribution in [0.2, 0.25) is 0 Å². The minimum atomic E-state index is -3.77. The first kappa shape index (κ1) is 19.9. The van der Waals surface area contributed by atoms with Crippen molar-refractivity contribution in [2.24, 2.45) is 0 Å². The van der Waals surface area contributed by atoms with Crippen LogP contribution in [0.3, 0.4) is 0 Å². The van der Waals surface area contributed by atoms with E-state index in [1.165, 1.54) is 16.4 Å². The van der Waals surface area contributed by atoms with E-state index in [9.17, 15) is 18.5 Å². The summed E-state index contributed by atoms with van der Waals surface area (Å²) in [5.41, 5.74) is 1.56. The fraction of sp³-hybridized carbons (Fsp3) is 0.333. The SMILES string of the molecule is CCN(CC)S(=O)(=O)c1ccc(OCc2cccc(C)c2)c([N+](=O)[O-])c1. The molecule has 0 aliphatic carbocycles. The summed E-state index contributed by atoms with van der Waals surface area (Å²) in [6, 6.07) is 11.3. The van der Waals surface area contributed by atoms with E-state index in [4.69, 9.17) is 4.74 Å². The summed E-state index contributed by atoms with van der Waals surface area (Å²) in [7, 11) is -3.77. The van der Waals surface area contributed by atoms with Crippen molar-refractivity contribution in [1.82, 2.24) is 4.31 Å². The maximum atomic E-state index is 12.6. The number of hydrogen-bond donors (Lipinski definition) is 0. The van der Waals surface area contributed by atoms with Gasteiger partial charge in [0.15, 0.2) is 5.75 Å². The molecule has 0 spiro atoms. The molecule has 0 heterocycles. The second-order valence-corrected chi connectivity index (χ2v) is 7.69. The van der Waals surface area contributed by atoms with Crippen LogP contribution in [0.4, 0.5) is 5.69 Å². The predicted molar refractivity (Wildman–Crippen MR) is 98.7 cm³/mol. The van der Waals surface area contributed by atoms with Crippen LogP contribution in [0.5, 0.6) is 5.75 Å². The molecule has 0 saturated heterocycles. The van der Waals surface area contributed by atoms with Crippen LogP contribution in [-0.4, -0.2) is 30.7 Å². The van der Waals surface area contributed by atoms with Gasteiger partial charge < -0.3 is 4.74 Å². The fourth-order valence-corrected chi connectivity index (χ4v) is 4.08. The van der Waals surface area contributed by atoms with Crippen LogP contribution in [0.25, 0.3) is 0 Å². The molecule has 0 atom stereocenters. The van der Waals surface area contributed by atoms with E-state index >= 15 is 0 Å². The lowest BCUT2D eigenvalue weighted by molar-refractivity contribution is -0.386. The number of hydrogen-bond acceptors (Lipinski definition) is 5. The fourth-order valence-electron chi connectivity index (χ4n) is 2.60. The lowest BCUT2D eigenvalue weighted by Gasteiger charge is -2.18. The first-order valence-corrected chi connectivity index (χ1v) is 9.70. The van der Waals surface area contributed by atoms with Gasteiger partial charge >= 0.3 is 5.69 Å². The zero-order chi connectivity index (χ0) is 19.3. The highest BCUT2D eigenvalue weighted by Gasteiger charge is 2.26. The van der Waals surface area contributed by atoms with Gasteiger partial charge in [-0.15, -0.1) is 0 Å². The Bertz CT molecular complexity index is 892. The van der Waals surface area contributed by atoms with E-state index in [-0.39, 0.29) is 36.0 Å². The Morgan fingerprint density at radius 2 is 1.81 bits per heavy atom. The molecule has 0 amide bonds. The number of sulfonamides is 1. The van der Waals surface area contributed by atoms with Crippen LogP contribution in [-0.2, 0) is 16.6 Å². The van der Waals surface area contributed by atoms with Crippen molar-refractivity contribution in [2.75, 3.05) is 13.1 Å². The third kappa shape index (κ3) is 4.39. The lowest BCUT2D eigenvalue weighted by Crippen LogP contribution is -2.30. The quantitative estimate of drug-likeness (QED) is 0.518. The summed E-state index contributed by atoms with van der Waals surface area (Å²) in [5, 5.41) is 11.4. The Morgan fingerprint density at radius 3 is 2.38 bits per heavy atom. The minimum absolute atomic E-state index is 0.0370. The van der Waals surface area contributed by atoms with Gasteiger partial charge in [-0.1, -0.05) is 43.7 Å². The topological polar surface area (TPSA) is 89.8 Å². The molecule has 0 aromatic heterocycles. The first-order chi connectivity index (χ1) is 12.3. The van der Waals surface area contributed by atoms with Gasteiger partial charge in [-0.05, 0) is 24.6 Å². The molecule has 0 aliphatic heterocycles. The Hall–Kier alpha value is -2.45. The normalized spacial score (nSPS) is 11.5. The van der Waals surface area contributed by atoms with E-state index < -0.39 is 14.9 Å². The van der Waals surface area contributed by atoms with Crippen LogP contribution < -0.4 is 4.74 Å². The lowest BCUT2D eigenvalue weighted by atomic mass is 10.1. The summed E-state index contributed by atoms with van der Waals surface area (Å²) in [6.45, 7) is 6.11. The van der Waals surface area contributed by atoms with E-state index in [0.29, 0.717) is 0 Å². The largest absolute Gasteiger partial charge is 0.482 e. The molecule has 2 aromatic rings. The van der Waals surface area contributed by atoms with E-state index in [1.807, 2.05) is 31.2 Å². The van der Waals surface area contributed by atoms with Crippen molar-refractivity contribution in [2.45, 2.75) is 32.3 Å². The number of aryl methyl sites for hydroxylation is 1. The Morgan fingerprint density at radius 1 is 1.12 bits per heavy atom. The van der Waals surface area contributed by atoms with Gasteiger partial charge in [0.25, 0.3) is 0 Å². The molecule has 0 bridgehead atoms. The van der Waals surface area contributed by atoms with Gasteiger partial charge in [0.05, 0.1) is 9.82 Å². The molecule has 0 fully saturated rings. The van der Waals surface area contributed by atoms with Gasteiger partial charge in [-0.2, -0.15) is 4.31 Å². The molecule has 2 rings (SSSR count). The van der Waals surface area contributed by atoms with E-state index in [0.717, 1.165) is 17.2 Å². The monoisotopic (exact) mass is 378 g/mol. The van der Waals surface area contributed by atoms with Crippen molar-refractivity contribution in [3.05, 3.63) is 63.7 Å². The van der Waals surface area contributed by atoms with Gasteiger partial charge in [-0.3, -0.25) is 10.1 Å². The third-order valence-corrected chi connectivity index (χ3v) is 5.99. The van der Waals surface area contributed by atoms with E-state index in [2.05, 4.69) is 0 Å². The minimum Gasteiger partial charge on any atom is -0.482 e. The number of benzene rings is 2. The molecule has 0 radical (unpaired) electrons. The average molecular weight is 378 g/mol. The number of nitrogens with zero attached hydrogens (tertiary/aromatic N) is 2. The predicted octanol–water partition coefficient (Wildman–Crippen LogP) is 3.51. The van der Waals surface area contributed by atoms with Crippen molar-refractivity contribution in [3.63, 3.8) is 0 Å². The Kier molecular flexibility index (Phi) is 6.33. The molecule has 7 nitrogen and oxygen atoms in total. The standard InChI is InChI=1S/C18H22N2O5S/c1-4-19(5-2)26(23,24)16-9-10-18(17(12-16)20(21)22)25-13-15-8-6-7-14(3)11-15/h6-12H,4-5,13H2,1-3H3. The van der Waals surface area contributed by atoms with Gasteiger partial charge in [0.2, 0.25) is 10.0 Å². The highest BCUT2D eigenvalue weighted by molar-refractivity contribution is 7.89. The summed E-state index contributed by atoms with van der Waals surface area (Å²) in [4.78, 5) is 10.6. The molecule has 2 aromatic carbocycles. The van der Waals surface area contributed by atoms with Crippen molar-refractivity contribution < 1.29 is 18.1 Å². The van der Waals surface area contributed by atoms with Crippen LogP contribution >= 0.6 is 0 Å². The van der Waals surface area contributed by atoms with Gasteiger partial charge in [-0.25, -0.2) is 8.42 Å². The second kappa shape index (κ2) is 8.29. The third-order valence-electron chi connectivity index (χ3n) is 3.95. The Labute approximate surface area is 153 Å². The first-order valence-electron chi connectivity index (χ1n) is 8.26.